The van der Waals surface area contributed by atoms with E-state index in [2.05, 4.69) is 60.7 Å². The van der Waals surface area contributed by atoms with Crippen molar-refractivity contribution in [3.8, 4) is 11.1 Å². The zero-order chi connectivity index (χ0) is 34.7. The number of nitrogens with zero attached hydrogens (tertiary/aromatic N) is 8. The molecule has 14 nitrogen and oxygen atoms in total. The number of fused-ring (bicyclic) bond motifs is 3. The van der Waals surface area contributed by atoms with Gasteiger partial charge in [-0.2, -0.15) is 5.10 Å². The van der Waals surface area contributed by atoms with Crippen molar-refractivity contribution in [2.24, 2.45) is 5.92 Å². The Labute approximate surface area is 290 Å². The van der Waals surface area contributed by atoms with E-state index >= 15 is 0 Å². The lowest BCUT2D eigenvalue weighted by Crippen LogP contribution is -2.48. The first-order chi connectivity index (χ1) is 24.2. The topological polar surface area (TPSA) is 154 Å². The van der Waals surface area contributed by atoms with Crippen LogP contribution < -0.4 is 20.9 Å². The van der Waals surface area contributed by atoms with Crippen LogP contribution in [-0.2, 0) is 11.3 Å². The van der Waals surface area contributed by atoms with Crippen molar-refractivity contribution in [2.45, 2.75) is 57.3 Å². The maximum atomic E-state index is 12.9. The number of pyridine rings is 1. The second-order valence-corrected chi connectivity index (χ2v) is 13.8. The first kappa shape index (κ1) is 31.9. The number of benzene rings is 1. The smallest absolute Gasteiger partial charge is 0.273 e. The lowest BCUT2D eigenvalue weighted by Gasteiger charge is -2.42. The van der Waals surface area contributed by atoms with Crippen molar-refractivity contribution in [1.82, 2.24) is 40.1 Å². The number of anilines is 4. The summed E-state index contributed by atoms with van der Waals surface area (Å²) in [5.41, 5.74) is 6.97. The van der Waals surface area contributed by atoms with Gasteiger partial charge >= 0.3 is 0 Å². The molecule has 3 fully saturated rings. The summed E-state index contributed by atoms with van der Waals surface area (Å²) < 4.78 is 2.17. The summed E-state index contributed by atoms with van der Waals surface area (Å²) in [6.07, 6.45) is 5.82. The molecule has 50 heavy (non-hydrogen) atoms. The molecule has 258 valence electrons. The van der Waals surface area contributed by atoms with Crippen molar-refractivity contribution in [3.05, 3.63) is 71.4 Å². The van der Waals surface area contributed by atoms with Gasteiger partial charge in [-0.25, -0.2) is 4.98 Å². The second kappa shape index (κ2) is 12.5. The molecule has 3 amide bonds. The number of hydrogen-bond acceptors (Lipinski definition) is 10. The maximum absolute atomic E-state index is 12.9. The van der Waals surface area contributed by atoms with Gasteiger partial charge in [0.2, 0.25) is 5.91 Å². The van der Waals surface area contributed by atoms with Crippen molar-refractivity contribution in [1.29, 1.82) is 0 Å². The number of aromatic nitrogens is 5. The molecule has 4 aromatic rings. The summed E-state index contributed by atoms with van der Waals surface area (Å²) in [4.78, 5) is 49.2. The molecule has 0 bridgehead atoms. The van der Waals surface area contributed by atoms with E-state index in [4.69, 9.17) is 10.1 Å². The van der Waals surface area contributed by atoms with Crippen LogP contribution in [0.25, 0.3) is 11.1 Å². The van der Waals surface area contributed by atoms with Crippen LogP contribution in [0, 0.1) is 5.92 Å². The summed E-state index contributed by atoms with van der Waals surface area (Å²) in [5, 5.41) is 22.1. The number of carbonyl (C=O) groups is 3. The Kier molecular flexibility index (Phi) is 7.97. The fourth-order valence-corrected chi connectivity index (χ4v) is 7.01. The second-order valence-electron chi connectivity index (χ2n) is 13.8. The predicted octanol–water partition coefficient (Wildman–Crippen LogP) is 3.99. The predicted molar refractivity (Wildman–Crippen MR) is 188 cm³/mol. The Morgan fingerprint density at radius 2 is 1.76 bits per heavy atom. The third kappa shape index (κ3) is 5.82. The van der Waals surface area contributed by atoms with E-state index in [9.17, 15) is 14.4 Å². The van der Waals surface area contributed by atoms with Crippen LogP contribution in [0.3, 0.4) is 0 Å². The van der Waals surface area contributed by atoms with Gasteiger partial charge in [-0.3, -0.25) is 24.0 Å². The van der Waals surface area contributed by atoms with Crippen LogP contribution in [0.5, 0.6) is 0 Å². The molecule has 3 aromatic heterocycles. The molecular weight excluding hydrogens is 634 g/mol. The highest BCUT2D eigenvalue weighted by molar-refractivity contribution is 6.01. The highest BCUT2D eigenvalue weighted by atomic mass is 16.2. The molecule has 3 N–H and O–H groups in total. The number of amides is 3. The molecule has 0 unspecified atom stereocenters. The maximum Gasteiger partial charge on any atom is 0.273 e. The normalized spacial score (nSPS) is 18.5. The van der Waals surface area contributed by atoms with Gasteiger partial charge in [-0.1, -0.05) is 18.2 Å². The Balaban J connectivity index is 1.01. The van der Waals surface area contributed by atoms with E-state index in [1.807, 2.05) is 42.4 Å². The molecule has 14 heteroatoms. The first-order valence-electron chi connectivity index (χ1n) is 17.3. The quantitative estimate of drug-likeness (QED) is 0.225. The Morgan fingerprint density at radius 3 is 2.50 bits per heavy atom. The number of nitrogens with one attached hydrogen (secondary N) is 3. The SMILES string of the molecule is CNC(=O)c1nnc(NC(=O)C2CC2)cc1Nc1cccc2c1N(C)[C@@H](C)c1c-2cnn1C1CN(Cc2cccc(C(=O)N(C)C3CC3)n2)C1. The van der Waals surface area contributed by atoms with E-state index in [1.54, 1.807) is 19.2 Å². The van der Waals surface area contributed by atoms with E-state index < -0.39 is 0 Å². The molecule has 8 rings (SSSR count). The molecule has 2 aliphatic carbocycles. The summed E-state index contributed by atoms with van der Waals surface area (Å²) in [7, 11) is 5.47. The standard InChI is InChI=1S/C36H41N11O3/c1-20-32-26(16-38-47(32)24-18-46(19-24)17-22-7-5-10-28(39-22)36(50)45(4)23-13-14-23)25-8-6-9-27(33(25)44(20)3)40-29-15-30(41-34(48)21-11-12-21)42-43-31(29)35(49)37-2/h5-10,15-16,20-21,23-24H,11-14,17-19H2,1-4H3,(H,37,49)(H2,40,41,42,48)/t20-/m0/s1. The minimum absolute atomic E-state index is 0.00561. The number of carbonyl (C=O) groups excluding carboxylic acids is 3. The highest BCUT2D eigenvalue weighted by Crippen LogP contribution is 2.49. The molecule has 1 saturated heterocycles. The third-order valence-electron chi connectivity index (χ3n) is 10.3. The third-order valence-corrected chi connectivity index (χ3v) is 10.3. The minimum atomic E-state index is -0.386. The lowest BCUT2D eigenvalue weighted by atomic mass is 9.93. The van der Waals surface area contributed by atoms with Gasteiger partial charge in [0.25, 0.3) is 11.8 Å². The monoisotopic (exact) mass is 675 g/mol. The van der Waals surface area contributed by atoms with Crippen molar-refractivity contribution in [2.75, 3.05) is 49.8 Å². The molecule has 2 saturated carbocycles. The zero-order valence-electron chi connectivity index (χ0n) is 28.7. The lowest BCUT2D eigenvalue weighted by molar-refractivity contribution is -0.117. The van der Waals surface area contributed by atoms with Gasteiger partial charge in [0.1, 0.15) is 5.69 Å². The summed E-state index contributed by atoms with van der Waals surface area (Å²) in [5.74, 6) is -0.187. The van der Waals surface area contributed by atoms with Crippen molar-refractivity contribution < 1.29 is 14.4 Å². The molecule has 4 aliphatic rings. The number of para-hydroxylation sites is 1. The van der Waals surface area contributed by atoms with Crippen molar-refractivity contribution in [3.63, 3.8) is 0 Å². The van der Waals surface area contributed by atoms with E-state index in [1.165, 1.54) is 0 Å². The summed E-state index contributed by atoms with van der Waals surface area (Å²) in [6.45, 7) is 4.51. The van der Waals surface area contributed by atoms with Gasteiger partial charge in [0.15, 0.2) is 11.5 Å². The van der Waals surface area contributed by atoms with Gasteiger partial charge in [-0.15, -0.1) is 10.2 Å². The van der Waals surface area contributed by atoms with Crippen LogP contribution in [-0.4, -0.2) is 92.8 Å². The number of hydrogen-bond donors (Lipinski definition) is 3. The largest absolute Gasteiger partial charge is 0.364 e. The first-order valence-corrected chi connectivity index (χ1v) is 17.3. The van der Waals surface area contributed by atoms with Crippen LogP contribution in [0.4, 0.5) is 22.9 Å². The molecule has 0 radical (unpaired) electrons. The molecular formula is C36H41N11O3. The average molecular weight is 676 g/mol. The van der Waals surface area contributed by atoms with Crippen LogP contribution in [0.2, 0.25) is 0 Å². The average Bonchev–Trinajstić information content (AvgIpc) is 4.05. The van der Waals surface area contributed by atoms with Gasteiger partial charge in [-0.05, 0) is 50.8 Å². The fourth-order valence-electron chi connectivity index (χ4n) is 7.01. The van der Waals surface area contributed by atoms with Crippen LogP contribution in [0.15, 0.2) is 48.7 Å². The highest BCUT2D eigenvalue weighted by Gasteiger charge is 2.38. The minimum Gasteiger partial charge on any atom is -0.364 e. The molecule has 1 aromatic carbocycles. The zero-order valence-corrected chi connectivity index (χ0v) is 28.7. The Hall–Kier alpha value is -5.37. The number of likely N-dealkylation sites (tertiary alicyclic amines) is 1. The molecule has 1 atom stereocenters. The van der Waals surface area contributed by atoms with Crippen molar-refractivity contribution >= 4 is 40.6 Å². The van der Waals surface area contributed by atoms with E-state index in [0.29, 0.717) is 29.8 Å². The van der Waals surface area contributed by atoms with Gasteiger partial charge in [0, 0.05) is 69.9 Å². The van der Waals surface area contributed by atoms with E-state index in [0.717, 1.165) is 72.7 Å². The van der Waals surface area contributed by atoms with Crippen LogP contribution in [0.1, 0.15) is 77.1 Å². The number of rotatable bonds is 10. The fraction of sp³-hybridized carbons (Fsp3) is 0.417. The van der Waals surface area contributed by atoms with E-state index in [-0.39, 0.29) is 41.4 Å². The van der Waals surface area contributed by atoms with Gasteiger partial charge < -0.3 is 25.8 Å². The summed E-state index contributed by atoms with van der Waals surface area (Å²) in [6, 6.07) is 14.0. The molecule has 2 aliphatic heterocycles. The van der Waals surface area contributed by atoms with Gasteiger partial charge in [0.05, 0.1) is 46.7 Å². The molecule has 5 heterocycles. The Morgan fingerprint density at radius 1 is 0.980 bits per heavy atom. The Bertz CT molecular complexity index is 2000. The van der Waals surface area contributed by atoms with Crippen LogP contribution >= 0.6 is 0 Å². The summed E-state index contributed by atoms with van der Waals surface area (Å²) >= 11 is 0. The molecule has 0 spiro atoms.